The molecule has 0 unspecified atom stereocenters. The van der Waals surface area contributed by atoms with E-state index in [1.54, 1.807) is 7.11 Å². The van der Waals surface area contributed by atoms with Gasteiger partial charge in [-0.3, -0.25) is 9.59 Å². The lowest BCUT2D eigenvalue weighted by atomic mass is 9.82. The van der Waals surface area contributed by atoms with Crippen LogP contribution in [-0.4, -0.2) is 49.1 Å². The number of ether oxygens (including phenoxy) is 1. The first-order valence-corrected chi connectivity index (χ1v) is 8.51. The number of methoxy groups -OCH3 is 1. The van der Waals surface area contributed by atoms with Crippen LogP contribution in [0.2, 0.25) is 0 Å². The van der Waals surface area contributed by atoms with E-state index in [4.69, 9.17) is 4.74 Å². The molecule has 0 radical (unpaired) electrons. The SMILES string of the molecule is COCCC(=O)N1CCC2(CC1)CC(=O)NCc1ccccc1N2. The number of hydrogen-bond acceptors (Lipinski definition) is 4. The minimum absolute atomic E-state index is 0.0659. The molecular weight excluding hydrogens is 306 g/mol. The molecule has 6 nitrogen and oxygen atoms in total. The summed E-state index contributed by atoms with van der Waals surface area (Å²) in [4.78, 5) is 26.3. The maximum absolute atomic E-state index is 12.2. The van der Waals surface area contributed by atoms with Gasteiger partial charge >= 0.3 is 0 Å². The molecule has 1 fully saturated rings. The van der Waals surface area contributed by atoms with Crippen molar-refractivity contribution in [2.45, 2.75) is 37.8 Å². The number of rotatable bonds is 3. The predicted molar refractivity (Wildman–Crippen MR) is 91.6 cm³/mol. The summed E-state index contributed by atoms with van der Waals surface area (Å²) in [6.45, 7) is 2.35. The molecule has 2 N–H and O–H groups in total. The second-order valence-electron chi connectivity index (χ2n) is 6.64. The predicted octanol–water partition coefficient (Wildman–Crippen LogP) is 1.52. The van der Waals surface area contributed by atoms with Crippen molar-refractivity contribution in [3.8, 4) is 0 Å². The van der Waals surface area contributed by atoms with Crippen LogP contribution in [0.4, 0.5) is 5.69 Å². The van der Waals surface area contributed by atoms with Crippen molar-refractivity contribution in [3.63, 3.8) is 0 Å². The molecule has 1 aromatic carbocycles. The molecule has 2 heterocycles. The lowest BCUT2D eigenvalue weighted by molar-refractivity contribution is -0.133. The molecular formula is C18H25N3O3. The normalized spacial score (nSPS) is 19.7. The smallest absolute Gasteiger partial charge is 0.224 e. The highest BCUT2D eigenvalue weighted by molar-refractivity contribution is 5.80. The van der Waals surface area contributed by atoms with E-state index in [-0.39, 0.29) is 17.4 Å². The number of fused-ring (bicyclic) bond motifs is 1. The molecule has 130 valence electrons. The number of piperidine rings is 1. The molecule has 0 aromatic heterocycles. The van der Waals surface area contributed by atoms with Gasteiger partial charge in [0.1, 0.15) is 0 Å². The highest BCUT2D eigenvalue weighted by Crippen LogP contribution is 2.33. The summed E-state index contributed by atoms with van der Waals surface area (Å²) in [5.74, 6) is 0.193. The quantitative estimate of drug-likeness (QED) is 0.881. The van der Waals surface area contributed by atoms with E-state index in [1.807, 2.05) is 23.1 Å². The zero-order valence-electron chi connectivity index (χ0n) is 14.1. The van der Waals surface area contributed by atoms with E-state index < -0.39 is 0 Å². The Labute approximate surface area is 142 Å². The third-order valence-electron chi connectivity index (χ3n) is 4.99. The van der Waals surface area contributed by atoms with Gasteiger partial charge in [0.05, 0.1) is 13.0 Å². The summed E-state index contributed by atoms with van der Waals surface area (Å²) in [5.41, 5.74) is 1.90. The Morgan fingerprint density at radius 2 is 2.04 bits per heavy atom. The van der Waals surface area contributed by atoms with Crippen LogP contribution in [-0.2, 0) is 20.9 Å². The molecule has 2 aliphatic rings. The van der Waals surface area contributed by atoms with Crippen LogP contribution in [0.25, 0.3) is 0 Å². The zero-order valence-corrected chi connectivity index (χ0v) is 14.1. The second-order valence-corrected chi connectivity index (χ2v) is 6.64. The van der Waals surface area contributed by atoms with E-state index in [0.717, 1.165) is 24.1 Å². The van der Waals surface area contributed by atoms with Gasteiger partial charge in [0.15, 0.2) is 0 Å². The Bertz CT molecular complexity index is 609. The highest BCUT2D eigenvalue weighted by atomic mass is 16.5. The first kappa shape index (κ1) is 16.8. The third-order valence-corrected chi connectivity index (χ3v) is 4.99. The average molecular weight is 331 g/mol. The molecule has 3 rings (SSSR count). The van der Waals surface area contributed by atoms with Crippen LogP contribution < -0.4 is 10.6 Å². The van der Waals surface area contributed by atoms with Crippen molar-refractivity contribution in [2.24, 2.45) is 0 Å². The molecule has 0 saturated carbocycles. The van der Waals surface area contributed by atoms with E-state index >= 15 is 0 Å². The van der Waals surface area contributed by atoms with Crippen molar-refractivity contribution in [1.82, 2.24) is 10.2 Å². The molecule has 1 aromatic rings. The number of nitrogens with zero attached hydrogens (tertiary/aromatic N) is 1. The number of amides is 2. The van der Waals surface area contributed by atoms with E-state index in [0.29, 0.717) is 39.1 Å². The van der Waals surface area contributed by atoms with E-state index in [9.17, 15) is 9.59 Å². The van der Waals surface area contributed by atoms with Crippen LogP contribution in [0.1, 0.15) is 31.2 Å². The van der Waals surface area contributed by atoms with Gasteiger partial charge < -0.3 is 20.3 Å². The maximum atomic E-state index is 12.2. The summed E-state index contributed by atoms with van der Waals surface area (Å²) in [7, 11) is 1.60. The summed E-state index contributed by atoms with van der Waals surface area (Å²) < 4.78 is 4.98. The molecule has 2 amide bonds. The number of likely N-dealkylation sites (tertiary alicyclic amines) is 1. The van der Waals surface area contributed by atoms with Gasteiger partial charge in [-0.1, -0.05) is 18.2 Å². The highest BCUT2D eigenvalue weighted by Gasteiger charge is 2.38. The number of anilines is 1. The molecule has 2 aliphatic heterocycles. The molecule has 1 spiro atoms. The summed E-state index contributed by atoms with van der Waals surface area (Å²) in [5, 5.41) is 6.62. The van der Waals surface area contributed by atoms with Gasteiger partial charge in [-0.05, 0) is 24.5 Å². The van der Waals surface area contributed by atoms with Crippen molar-refractivity contribution in [3.05, 3.63) is 29.8 Å². The largest absolute Gasteiger partial charge is 0.384 e. The molecule has 0 atom stereocenters. The topological polar surface area (TPSA) is 70.7 Å². The lowest BCUT2D eigenvalue weighted by Crippen LogP contribution is -2.53. The van der Waals surface area contributed by atoms with Crippen molar-refractivity contribution < 1.29 is 14.3 Å². The van der Waals surface area contributed by atoms with Crippen molar-refractivity contribution >= 4 is 17.5 Å². The van der Waals surface area contributed by atoms with Crippen LogP contribution in [0.3, 0.4) is 0 Å². The Balaban J connectivity index is 1.71. The third kappa shape index (κ3) is 3.70. The zero-order chi connectivity index (χ0) is 17.0. The van der Waals surface area contributed by atoms with Gasteiger partial charge in [-0.25, -0.2) is 0 Å². The molecule has 24 heavy (non-hydrogen) atoms. The summed E-state index contributed by atoms with van der Waals surface area (Å²) in [6.07, 6.45) is 2.41. The minimum atomic E-state index is -0.279. The Hall–Kier alpha value is -2.08. The Kier molecular flexibility index (Phi) is 5.04. The summed E-state index contributed by atoms with van der Waals surface area (Å²) in [6, 6.07) is 8.08. The number of benzene rings is 1. The number of carbonyl (C=O) groups excluding carboxylic acids is 2. The fourth-order valence-electron chi connectivity index (χ4n) is 3.52. The van der Waals surface area contributed by atoms with Gasteiger partial charge in [-0.15, -0.1) is 0 Å². The number of hydrogen-bond donors (Lipinski definition) is 2. The Morgan fingerprint density at radius 3 is 2.79 bits per heavy atom. The fraction of sp³-hybridized carbons (Fsp3) is 0.556. The van der Waals surface area contributed by atoms with Crippen LogP contribution in [0.15, 0.2) is 24.3 Å². The first-order valence-electron chi connectivity index (χ1n) is 8.51. The van der Waals surface area contributed by atoms with Gasteiger partial charge in [-0.2, -0.15) is 0 Å². The molecule has 0 bridgehead atoms. The summed E-state index contributed by atoms with van der Waals surface area (Å²) >= 11 is 0. The fourth-order valence-corrected chi connectivity index (χ4v) is 3.52. The Morgan fingerprint density at radius 1 is 1.29 bits per heavy atom. The van der Waals surface area contributed by atoms with Gasteiger partial charge in [0, 0.05) is 44.4 Å². The minimum Gasteiger partial charge on any atom is -0.384 e. The lowest BCUT2D eigenvalue weighted by Gasteiger charge is -2.44. The average Bonchev–Trinajstić information content (AvgIpc) is 2.58. The van der Waals surface area contributed by atoms with E-state index in [1.165, 1.54) is 0 Å². The first-order chi connectivity index (χ1) is 11.6. The number of para-hydroxylation sites is 1. The van der Waals surface area contributed by atoms with Crippen molar-refractivity contribution in [2.75, 3.05) is 32.1 Å². The molecule has 0 aliphatic carbocycles. The van der Waals surface area contributed by atoms with Crippen molar-refractivity contribution in [1.29, 1.82) is 0 Å². The van der Waals surface area contributed by atoms with Crippen LogP contribution in [0, 0.1) is 0 Å². The van der Waals surface area contributed by atoms with E-state index in [2.05, 4.69) is 16.7 Å². The van der Waals surface area contributed by atoms with Gasteiger partial charge in [0.25, 0.3) is 0 Å². The standard InChI is InChI=1S/C18H25N3O3/c1-24-11-6-17(23)21-9-7-18(8-10-21)12-16(22)19-13-14-4-2-3-5-15(14)20-18/h2-5,20H,6-13H2,1H3,(H,19,22). The second kappa shape index (κ2) is 7.21. The number of nitrogens with one attached hydrogen (secondary N) is 2. The monoisotopic (exact) mass is 331 g/mol. The molecule has 1 saturated heterocycles. The maximum Gasteiger partial charge on any atom is 0.224 e. The van der Waals surface area contributed by atoms with Gasteiger partial charge in [0.2, 0.25) is 11.8 Å². The number of carbonyl (C=O) groups is 2. The van der Waals surface area contributed by atoms with Crippen LogP contribution in [0.5, 0.6) is 0 Å². The van der Waals surface area contributed by atoms with Crippen LogP contribution >= 0.6 is 0 Å². The molecule has 6 heteroatoms.